The topological polar surface area (TPSA) is 41.6 Å². The van der Waals surface area contributed by atoms with Gasteiger partial charge in [-0.1, -0.05) is 45.0 Å². The lowest BCUT2D eigenvalue weighted by atomic mass is 9.99. The van der Waals surface area contributed by atoms with Gasteiger partial charge in [0.1, 0.15) is 6.10 Å². The molecule has 4 heteroatoms. The minimum absolute atomic E-state index is 0.0175. The predicted molar refractivity (Wildman–Crippen MR) is 84.5 cm³/mol. The lowest BCUT2D eigenvalue weighted by Gasteiger charge is -2.33. The molecule has 1 saturated heterocycles. The summed E-state index contributed by atoms with van der Waals surface area (Å²) in [5, 5.41) is 2.93. The smallest absolute Gasteiger partial charge is 0.317 e. The Morgan fingerprint density at radius 1 is 1.38 bits per heavy atom. The quantitative estimate of drug-likeness (QED) is 0.924. The van der Waals surface area contributed by atoms with Gasteiger partial charge in [0, 0.05) is 13.1 Å². The van der Waals surface area contributed by atoms with Gasteiger partial charge in [0.25, 0.3) is 0 Å². The number of carbonyl (C=O) groups is 1. The molecule has 1 N–H and O–H groups in total. The van der Waals surface area contributed by atoms with Crippen molar-refractivity contribution in [3.8, 4) is 0 Å². The first-order valence-corrected chi connectivity index (χ1v) is 7.86. The van der Waals surface area contributed by atoms with E-state index < -0.39 is 0 Å². The fourth-order valence-corrected chi connectivity index (χ4v) is 2.47. The van der Waals surface area contributed by atoms with E-state index in [1.807, 2.05) is 4.90 Å². The average molecular weight is 290 g/mol. The fraction of sp³-hybridized carbons (Fsp3) is 0.588. The molecule has 4 nitrogen and oxygen atoms in total. The van der Waals surface area contributed by atoms with Crippen molar-refractivity contribution in [2.45, 2.75) is 39.2 Å². The second kappa shape index (κ2) is 7.46. The van der Waals surface area contributed by atoms with E-state index >= 15 is 0 Å². The maximum absolute atomic E-state index is 12.0. The first kappa shape index (κ1) is 15.8. The summed E-state index contributed by atoms with van der Waals surface area (Å²) in [6.45, 7) is 9.03. The van der Waals surface area contributed by atoms with Crippen molar-refractivity contribution >= 4 is 6.03 Å². The minimum Gasteiger partial charge on any atom is -0.370 e. The zero-order valence-electron chi connectivity index (χ0n) is 13.3. The van der Waals surface area contributed by atoms with Crippen molar-refractivity contribution in [3.05, 3.63) is 35.4 Å². The van der Waals surface area contributed by atoms with Crippen LogP contribution in [0.25, 0.3) is 0 Å². The SMILES string of the molecule is CCCNC(=O)N1CCOC(c2ccc(C(C)C)cc2)C1. The van der Waals surface area contributed by atoms with Gasteiger partial charge in [-0.2, -0.15) is 0 Å². The van der Waals surface area contributed by atoms with E-state index in [9.17, 15) is 4.79 Å². The molecular weight excluding hydrogens is 264 g/mol. The first-order valence-electron chi connectivity index (χ1n) is 7.86. The van der Waals surface area contributed by atoms with Crippen LogP contribution < -0.4 is 5.32 Å². The van der Waals surface area contributed by atoms with Crippen molar-refractivity contribution in [1.82, 2.24) is 10.2 Å². The summed E-state index contributed by atoms with van der Waals surface area (Å²) >= 11 is 0. The number of urea groups is 1. The van der Waals surface area contributed by atoms with Crippen LogP contribution in [-0.4, -0.2) is 37.2 Å². The number of benzene rings is 1. The number of nitrogens with zero attached hydrogens (tertiary/aromatic N) is 1. The Balaban J connectivity index is 1.98. The van der Waals surface area contributed by atoms with Gasteiger partial charge in [-0.05, 0) is 23.5 Å². The number of ether oxygens (including phenoxy) is 1. The molecule has 1 atom stereocenters. The van der Waals surface area contributed by atoms with E-state index in [1.54, 1.807) is 0 Å². The molecule has 1 heterocycles. The summed E-state index contributed by atoms with van der Waals surface area (Å²) in [5.41, 5.74) is 2.47. The molecule has 0 aromatic heterocycles. The third-order valence-corrected chi connectivity index (χ3v) is 3.85. The van der Waals surface area contributed by atoms with E-state index in [1.165, 1.54) is 5.56 Å². The highest BCUT2D eigenvalue weighted by atomic mass is 16.5. The zero-order chi connectivity index (χ0) is 15.2. The lowest BCUT2D eigenvalue weighted by molar-refractivity contribution is -0.0154. The monoisotopic (exact) mass is 290 g/mol. The maximum atomic E-state index is 12.0. The van der Waals surface area contributed by atoms with E-state index in [0.717, 1.165) is 18.5 Å². The van der Waals surface area contributed by atoms with Gasteiger partial charge in [-0.25, -0.2) is 4.79 Å². The molecule has 2 amide bonds. The van der Waals surface area contributed by atoms with Crippen LogP contribution in [-0.2, 0) is 4.74 Å². The zero-order valence-corrected chi connectivity index (χ0v) is 13.3. The van der Waals surface area contributed by atoms with Crippen LogP contribution in [0, 0.1) is 0 Å². The largest absolute Gasteiger partial charge is 0.370 e. The van der Waals surface area contributed by atoms with Gasteiger partial charge >= 0.3 is 6.03 Å². The normalized spacial score (nSPS) is 18.9. The van der Waals surface area contributed by atoms with Crippen molar-refractivity contribution in [3.63, 3.8) is 0 Å². The van der Waals surface area contributed by atoms with E-state index in [-0.39, 0.29) is 12.1 Å². The number of rotatable bonds is 4. The van der Waals surface area contributed by atoms with Gasteiger partial charge in [0.05, 0.1) is 13.2 Å². The highest BCUT2D eigenvalue weighted by Crippen LogP contribution is 2.24. The Hall–Kier alpha value is -1.55. The number of hydrogen-bond donors (Lipinski definition) is 1. The molecule has 116 valence electrons. The molecule has 0 spiro atoms. The number of morpholine rings is 1. The van der Waals surface area contributed by atoms with Gasteiger partial charge in [0.15, 0.2) is 0 Å². The average Bonchev–Trinajstić information content (AvgIpc) is 2.52. The Morgan fingerprint density at radius 2 is 2.10 bits per heavy atom. The van der Waals surface area contributed by atoms with Crippen LogP contribution in [0.3, 0.4) is 0 Å². The Morgan fingerprint density at radius 3 is 2.71 bits per heavy atom. The minimum atomic E-state index is -0.0210. The number of carbonyl (C=O) groups excluding carboxylic acids is 1. The predicted octanol–water partition coefficient (Wildman–Crippen LogP) is 3.30. The molecule has 2 rings (SSSR count). The van der Waals surface area contributed by atoms with Crippen LogP contribution in [0.5, 0.6) is 0 Å². The summed E-state index contributed by atoms with van der Waals surface area (Å²) in [4.78, 5) is 13.9. The standard InChI is InChI=1S/C17H26N2O2/c1-4-9-18-17(20)19-10-11-21-16(12-19)15-7-5-14(6-8-15)13(2)3/h5-8,13,16H,4,9-12H2,1-3H3,(H,18,20). The Labute approximate surface area is 127 Å². The van der Waals surface area contributed by atoms with E-state index in [0.29, 0.717) is 25.6 Å². The van der Waals surface area contributed by atoms with Gasteiger partial charge in [-0.15, -0.1) is 0 Å². The molecule has 1 unspecified atom stereocenters. The van der Waals surface area contributed by atoms with Crippen LogP contribution in [0.1, 0.15) is 50.3 Å². The van der Waals surface area contributed by atoms with Crippen LogP contribution in [0.15, 0.2) is 24.3 Å². The number of amides is 2. The van der Waals surface area contributed by atoms with Crippen molar-refractivity contribution in [2.75, 3.05) is 26.2 Å². The highest BCUT2D eigenvalue weighted by Gasteiger charge is 2.25. The van der Waals surface area contributed by atoms with Crippen LogP contribution in [0.2, 0.25) is 0 Å². The van der Waals surface area contributed by atoms with E-state index in [2.05, 4.69) is 50.4 Å². The molecule has 0 radical (unpaired) electrons. The van der Waals surface area contributed by atoms with Crippen LogP contribution >= 0.6 is 0 Å². The number of hydrogen-bond acceptors (Lipinski definition) is 2. The summed E-state index contributed by atoms with van der Waals surface area (Å²) in [5.74, 6) is 0.530. The highest BCUT2D eigenvalue weighted by molar-refractivity contribution is 5.74. The van der Waals surface area contributed by atoms with Gasteiger partial charge < -0.3 is 15.0 Å². The second-order valence-corrected chi connectivity index (χ2v) is 5.86. The fourth-order valence-electron chi connectivity index (χ4n) is 2.47. The molecule has 0 aliphatic carbocycles. The molecular formula is C17H26N2O2. The van der Waals surface area contributed by atoms with Crippen LogP contribution in [0.4, 0.5) is 4.79 Å². The Kier molecular flexibility index (Phi) is 5.62. The molecule has 1 aliphatic heterocycles. The summed E-state index contributed by atoms with van der Waals surface area (Å²) in [6.07, 6.45) is 0.934. The third kappa shape index (κ3) is 4.21. The second-order valence-electron chi connectivity index (χ2n) is 5.86. The third-order valence-electron chi connectivity index (χ3n) is 3.85. The number of nitrogens with one attached hydrogen (secondary N) is 1. The summed E-state index contributed by atoms with van der Waals surface area (Å²) in [6, 6.07) is 8.56. The van der Waals surface area contributed by atoms with Gasteiger partial charge in [0.2, 0.25) is 0 Å². The van der Waals surface area contributed by atoms with E-state index in [4.69, 9.17) is 4.74 Å². The summed E-state index contributed by atoms with van der Waals surface area (Å²) < 4.78 is 5.83. The van der Waals surface area contributed by atoms with Crippen molar-refractivity contribution in [2.24, 2.45) is 0 Å². The molecule has 21 heavy (non-hydrogen) atoms. The molecule has 0 bridgehead atoms. The Bertz CT molecular complexity index is 456. The molecule has 1 aromatic rings. The first-order chi connectivity index (χ1) is 10.1. The molecule has 1 fully saturated rings. The molecule has 1 aliphatic rings. The molecule has 0 saturated carbocycles. The lowest BCUT2D eigenvalue weighted by Crippen LogP contribution is -2.47. The maximum Gasteiger partial charge on any atom is 0.317 e. The van der Waals surface area contributed by atoms with Crippen molar-refractivity contribution < 1.29 is 9.53 Å². The molecule has 1 aromatic carbocycles. The van der Waals surface area contributed by atoms with Gasteiger partial charge in [-0.3, -0.25) is 0 Å². The van der Waals surface area contributed by atoms with Crippen molar-refractivity contribution in [1.29, 1.82) is 0 Å². The summed E-state index contributed by atoms with van der Waals surface area (Å²) in [7, 11) is 0.